The van der Waals surface area contributed by atoms with Crippen LogP contribution in [0.2, 0.25) is 0 Å². The lowest BCUT2D eigenvalue weighted by Crippen LogP contribution is -2.47. The first kappa shape index (κ1) is 21.5. The molecule has 0 saturated carbocycles. The molecule has 150 valence electrons. The van der Waals surface area contributed by atoms with E-state index in [0.717, 1.165) is 0 Å². The summed E-state index contributed by atoms with van der Waals surface area (Å²) in [4.78, 5) is 40.6. The summed E-state index contributed by atoms with van der Waals surface area (Å²) in [5.74, 6) is -1.93. The quantitative estimate of drug-likeness (QED) is 0.656. The predicted molar refractivity (Wildman–Crippen MR) is 104 cm³/mol. The minimum absolute atomic E-state index is 0.0229. The molecule has 0 unspecified atom stereocenters. The summed E-state index contributed by atoms with van der Waals surface area (Å²) in [6.07, 6.45) is 0.0229. The van der Waals surface area contributed by atoms with Crippen LogP contribution in [0.3, 0.4) is 0 Å². The van der Waals surface area contributed by atoms with Gasteiger partial charge in [0.25, 0.3) is 5.91 Å². The number of amides is 2. The number of hydrogen-bond donors (Lipinski definition) is 2. The van der Waals surface area contributed by atoms with Gasteiger partial charge >= 0.3 is 5.97 Å². The van der Waals surface area contributed by atoms with Crippen LogP contribution < -0.4 is 10.6 Å². The maximum Gasteiger partial charge on any atom is 0.311 e. The van der Waals surface area contributed by atoms with E-state index in [1.165, 1.54) is 35.6 Å². The molecule has 7 nitrogen and oxygen atoms in total. The van der Waals surface area contributed by atoms with Crippen LogP contribution in [0.4, 0.5) is 9.52 Å². The number of nitrogens with one attached hydrogen (secondary N) is 2. The number of aromatic nitrogens is 1. The molecular weight excluding hydrogens is 385 g/mol. The largest absolute Gasteiger partial charge is 0.466 e. The third kappa shape index (κ3) is 6.12. The van der Waals surface area contributed by atoms with Gasteiger partial charge in [0.15, 0.2) is 5.13 Å². The average molecular weight is 407 g/mol. The van der Waals surface area contributed by atoms with Crippen molar-refractivity contribution in [2.75, 3.05) is 11.9 Å². The molecule has 0 aliphatic rings. The molecule has 28 heavy (non-hydrogen) atoms. The topological polar surface area (TPSA) is 97.4 Å². The van der Waals surface area contributed by atoms with Crippen LogP contribution >= 0.6 is 11.3 Å². The molecule has 2 rings (SSSR count). The number of halogens is 1. The van der Waals surface area contributed by atoms with Crippen molar-refractivity contribution in [3.8, 4) is 0 Å². The van der Waals surface area contributed by atoms with Crippen LogP contribution in [0.5, 0.6) is 0 Å². The van der Waals surface area contributed by atoms with Crippen molar-refractivity contribution in [3.05, 3.63) is 46.7 Å². The molecule has 9 heteroatoms. The first-order valence-corrected chi connectivity index (χ1v) is 9.65. The Morgan fingerprint density at radius 2 is 1.89 bits per heavy atom. The van der Waals surface area contributed by atoms with Crippen molar-refractivity contribution in [3.63, 3.8) is 0 Å². The Hall–Kier alpha value is -2.81. The molecule has 0 aliphatic carbocycles. The van der Waals surface area contributed by atoms with Crippen LogP contribution in [0, 0.1) is 11.7 Å². The van der Waals surface area contributed by atoms with E-state index in [0.29, 0.717) is 10.8 Å². The third-order valence-electron chi connectivity index (χ3n) is 3.75. The second-order valence-corrected chi connectivity index (χ2v) is 7.18. The van der Waals surface area contributed by atoms with Gasteiger partial charge in [-0.25, -0.2) is 9.37 Å². The molecule has 1 heterocycles. The van der Waals surface area contributed by atoms with Crippen molar-refractivity contribution in [2.24, 2.45) is 5.92 Å². The van der Waals surface area contributed by atoms with Crippen LogP contribution in [0.25, 0.3) is 0 Å². The highest BCUT2D eigenvalue weighted by Gasteiger charge is 2.25. The molecule has 0 bridgehead atoms. The van der Waals surface area contributed by atoms with E-state index >= 15 is 0 Å². The Balaban J connectivity index is 2.01. The highest BCUT2D eigenvalue weighted by molar-refractivity contribution is 7.13. The lowest BCUT2D eigenvalue weighted by molar-refractivity contribution is -0.142. The van der Waals surface area contributed by atoms with Gasteiger partial charge in [-0.15, -0.1) is 11.3 Å². The number of rotatable bonds is 8. The summed E-state index contributed by atoms with van der Waals surface area (Å²) >= 11 is 1.18. The van der Waals surface area contributed by atoms with Crippen LogP contribution in [0.1, 0.15) is 36.8 Å². The summed E-state index contributed by atoms with van der Waals surface area (Å²) in [6, 6.07) is 4.25. The van der Waals surface area contributed by atoms with Crippen LogP contribution in [0.15, 0.2) is 29.6 Å². The first-order chi connectivity index (χ1) is 13.3. The number of carbonyl (C=O) groups is 3. The first-order valence-electron chi connectivity index (χ1n) is 8.77. The van der Waals surface area contributed by atoms with Gasteiger partial charge in [0.1, 0.15) is 11.9 Å². The van der Waals surface area contributed by atoms with Crippen molar-refractivity contribution in [2.45, 2.75) is 33.2 Å². The number of nitrogens with zero attached hydrogens (tertiary/aromatic N) is 1. The van der Waals surface area contributed by atoms with E-state index in [1.54, 1.807) is 26.2 Å². The van der Waals surface area contributed by atoms with E-state index < -0.39 is 29.6 Å². The Morgan fingerprint density at radius 3 is 2.50 bits per heavy atom. The summed E-state index contributed by atoms with van der Waals surface area (Å²) in [5.41, 5.74) is 0.751. The van der Waals surface area contributed by atoms with E-state index in [-0.39, 0.29) is 24.5 Å². The zero-order valence-corrected chi connectivity index (χ0v) is 16.6. The molecule has 2 aromatic rings. The van der Waals surface area contributed by atoms with E-state index in [9.17, 15) is 18.8 Å². The van der Waals surface area contributed by atoms with E-state index in [1.807, 2.05) is 0 Å². The van der Waals surface area contributed by atoms with Crippen molar-refractivity contribution in [1.29, 1.82) is 0 Å². The molecule has 1 aromatic heterocycles. The molecule has 0 aliphatic heterocycles. The molecule has 2 amide bonds. The maximum atomic E-state index is 13.0. The van der Waals surface area contributed by atoms with Gasteiger partial charge in [0, 0.05) is 10.9 Å². The fourth-order valence-electron chi connectivity index (χ4n) is 2.35. The molecule has 0 spiro atoms. The fourth-order valence-corrected chi connectivity index (χ4v) is 3.06. The number of hydrogen-bond acceptors (Lipinski definition) is 6. The summed E-state index contributed by atoms with van der Waals surface area (Å²) in [5, 5.41) is 7.30. The van der Waals surface area contributed by atoms with Gasteiger partial charge in [0.2, 0.25) is 5.91 Å². The number of carbonyl (C=O) groups excluding carboxylic acids is 3. The minimum Gasteiger partial charge on any atom is -0.466 e. The van der Waals surface area contributed by atoms with Gasteiger partial charge in [0.05, 0.1) is 18.7 Å². The highest BCUT2D eigenvalue weighted by Crippen LogP contribution is 2.17. The van der Waals surface area contributed by atoms with Gasteiger partial charge in [-0.2, -0.15) is 0 Å². The van der Waals surface area contributed by atoms with Gasteiger partial charge in [-0.3, -0.25) is 14.4 Å². The molecule has 0 fully saturated rings. The number of anilines is 1. The summed E-state index contributed by atoms with van der Waals surface area (Å²) in [7, 11) is 0. The van der Waals surface area contributed by atoms with Crippen molar-refractivity contribution >= 4 is 34.3 Å². The Bertz CT molecular complexity index is 836. The summed E-state index contributed by atoms with van der Waals surface area (Å²) in [6.45, 7) is 5.60. The normalized spacial score (nSPS) is 11.8. The maximum absolute atomic E-state index is 13.0. The zero-order valence-electron chi connectivity index (χ0n) is 15.8. The van der Waals surface area contributed by atoms with Gasteiger partial charge in [-0.1, -0.05) is 13.8 Å². The van der Waals surface area contributed by atoms with E-state index in [4.69, 9.17) is 4.74 Å². The van der Waals surface area contributed by atoms with Gasteiger partial charge in [-0.05, 0) is 37.1 Å². The molecule has 0 radical (unpaired) electrons. The average Bonchev–Trinajstić information content (AvgIpc) is 3.06. The molecule has 0 saturated heterocycles. The Labute approximate surface area is 166 Å². The molecule has 1 atom stereocenters. The zero-order chi connectivity index (χ0) is 20.7. The highest BCUT2D eigenvalue weighted by atomic mass is 32.1. The Kier molecular flexibility index (Phi) is 7.62. The third-order valence-corrected chi connectivity index (χ3v) is 4.56. The molecule has 2 N–H and O–H groups in total. The van der Waals surface area contributed by atoms with Crippen LogP contribution in [-0.4, -0.2) is 35.4 Å². The smallest absolute Gasteiger partial charge is 0.311 e. The second-order valence-electron chi connectivity index (χ2n) is 6.32. The number of benzene rings is 1. The Morgan fingerprint density at radius 1 is 1.21 bits per heavy atom. The minimum atomic E-state index is -0.810. The number of ether oxygens (including phenoxy) is 1. The van der Waals surface area contributed by atoms with E-state index in [2.05, 4.69) is 15.6 Å². The second kappa shape index (κ2) is 9.93. The van der Waals surface area contributed by atoms with Crippen LogP contribution in [-0.2, 0) is 20.7 Å². The van der Waals surface area contributed by atoms with Gasteiger partial charge < -0.3 is 15.4 Å². The number of thiazole rings is 1. The fraction of sp³-hybridized carbons (Fsp3) is 0.368. The SMILES string of the molecule is CCOC(=O)Cc1csc(NC(=O)[C@@H](NC(=O)c2ccc(F)cc2)C(C)C)n1. The van der Waals surface area contributed by atoms with Crippen molar-refractivity contribution < 1.29 is 23.5 Å². The summed E-state index contributed by atoms with van der Waals surface area (Å²) < 4.78 is 17.9. The van der Waals surface area contributed by atoms with Crippen molar-refractivity contribution in [1.82, 2.24) is 10.3 Å². The lowest BCUT2D eigenvalue weighted by Gasteiger charge is -2.21. The molecule has 1 aromatic carbocycles. The monoisotopic (exact) mass is 407 g/mol. The standard InChI is InChI=1S/C19H22FN3O4S/c1-4-27-15(24)9-14-10-28-19(21-14)23-18(26)16(11(2)3)22-17(25)12-5-7-13(20)8-6-12/h5-8,10-11,16H,4,9H2,1-3H3,(H,22,25)(H,21,23,26)/t16-/m0/s1. The number of esters is 1. The predicted octanol–water partition coefficient (Wildman–Crippen LogP) is 2.78. The lowest BCUT2D eigenvalue weighted by atomic mass is 10.0. The molecular formula is C19H22FN3O4S.